The number of amides is 3. The number of rotatable bonds is 6. The van der Waals surface area contributed by atoms with Crippen LogP contribution in [0.4, 0.5) is 9.80 Å². The van der Waals surface area contributed by atoms with Crippen molar-refractivity contribution in [1.82, 2.24) is 10.2 Å². The minimum atomic E-state index is -0.774. The summed E-state index contributed by atoms with van der Waals surface area (Å²) in [5, 5.41) is 5.34. The summed E-state index contributed by atoms with van der Waals surface area (Å²) >= 11 is 0.948. The number of carbonyl (C=O) groups is 4. The van der Waals surface area contributed by atoms with E-state index in [4.69, 9.17) is 14.2 Å². The van der Waals surface area contributed by atoms with Gasteiger partial charge in [-0.3, -0.25) is 10.1 Å². The van der Waals surface area contributed by atoms with Crippen LogP contribution < -0.4 is 10.6 Å². The second-order valence-electron chi connectivity index (χ2n) is 6.05. The van der Waals surface area contributed by atoms with E-state index in [0.717, 1.165) is 11.3 Å². The first kappa shape index (κ1) is 22.6. The van der Waals surface area contributed by atoms with Gasteiger partial charge in [0.15, 0.2) is 6.10 Å². The number of carbonyl (C=O) groups excluding carboxylic acids is 4. The van der Waals surface area contributed by atoms with Gasteiger partial charge in [-0.25, -0.2) is 14.4 Å². The first-order valence-electron chi connectivity index (χ1n) is 9.20. The number of hydrogen-bond donors (Lipinski definition) is 2. The topological polar surface area (TPSA) is 123 Å². The predicted molar refractivity (Wildman–Crippen MR) is 105 cm³/mol. The Kier molecular flexibility index (Phi) is 7.97. The van der Waals surface area contributed by atoms with E-state index in [1.165, 1.54) is 11.9 Å². The number of ether oxygens (including phenoxy) is 3. The number of hydrogen-bond acceptors (Lipinski definition) is 8. The molecule has 0 aliphatic carbocycles. The molecule has 160 valence electrons. The lowest BCUT2D eigenvalue weighted by Gasteiger charge is -2.31. The fourth-order valence-electron chi connectivity index (χ4n) is 2.77. The zero-order valence-corrected chi connectivity index (χ0v) is 17.6. The third-order valence-corrected chi connectivity index (χ3v) is 5.39. The molecule has 2 rings (SSSR count). The van der Waals surface area contributed by atoms with Crippen LogP contribution >= 0.6 is 11.3 Å². The van der Waals surface area contributed by atoms with Crippen LogP contribution in [-0.4, -0.2) is 74.8 Å². The quantitative estimate of drug-likeness (QED) is 0.658. The van der Waals surface area contributed by atoms with Gasteiger partial charge in [-0.2, -0.15) is 0 Å². The largest absolute Gasteiger partial charge is 0.462 e. The van der Waals surface area contributed by atoms with Crippen LogP contribution in [0.25, 0.3) is 0 Å². The van der Waals surface area contributed by atoms with Gasteiger partial charge < -0.3 is 24.4 Å². The van der Waals surface area contributed by atoms with Crippen LogP contribution in [-0.2, 0) is 19.0 Å². The summed E-state index contributed by atoms with van der Waals surface area (Å²) in [6.45, 7) is 5.82. The Bertz CT molecular complexity index is 793. The normalized spacial score (nSPS) is 16.1. The van der Waals surface area contributed by atoms with Crippen LogP contribution in [0.2, 0.25) is 0 Å². The van der Waals surface area contributed by atoms with E-state index in [-0.39, 0.29) is 54.3 Å². The van der Waals surface area contributed by atoms with Gasteiger partial charge in [0.25, 0.3) is 5.91 Å². The molecule has 1 aliphatic heterocycles. The van der Waals surface area contributed by atoms with E-state index in [2.05, 4.69) is 10.6 Å². The minimum Gasteiger partial charge on any atom is -0.462 e. The standard InChI is InChI=1S/C18H25N3O7S/c1-5-26-16(23)12-10(3)13(17(24)27-6-2)29-15(12)20-18(25)21-7-8-28-11(9-21)14(22)19-4/h11H,5-9H2,1-4H3,(H,19,22)(H,20,25)/t11-/m1/s1. The van der Waals surface area contributed by atoms with Gasteiger partial charge in [0.1, 0.15) is 9.88 Å². The summed E-state index contributed by atoms with van der Waals surface area (Å²) < 4.78 is 15.5. The molecule has 1 atom stereocenters. The second-order valence-corrected chi connectivity index (χ2v) is 7.07. The summed E-state index contributed by atoms with van der Waals surface area (Å²) in [7, 11) is 1.49. The van der Waals surface area contributed by atoms with Crippen molar-refractivity contribution in [3.63, 3.8) is 0 Å². The van der Waals surface area contributed by atoms with E-state index in [1.54, 1.807) is 20.8 Å². The van der Waals surface area contributed by atoms with Crippen molar-refractivity contribution >= 4 is 40.2 Å². The van der Waals surface area contributed by atoms with Gasteiger partial charge >= 0.3 is 18.0 Å². The summed E-state index contributed by atoms with van der Waals surface area (Å²) in [6, 6.07) is -0.510. The number of urea groups is 1. The number of anilines is 1. The molecule has 29 heavy (non-hydrogen) atoms. The molecule has 1 aliphatic rings. The van der Waals surface area contributed by atoms with Crippen molar-refractivity contribution in [3.05, 3.63) is 16.0 Å². The Morgan fingerprint density at radius 2 is 1.83 bits per heavy atom. The van der Waals surface area contributed by atoms with Crippen LogP contribution in [0.5, 0.6) is 0 Å². The Balaban J connectivity index is 2.26. The summed E-state index contributed by atoms with van der Waals surface area (Å²) in [4.78, 5) is 50.8. The van der Waals surface area contributed by atoms with E-state index < -0.39 is 24.1 Å². The average Bonchev–Trinajstić information content (AvgIpc) is 3.03. The number of thiophene rings is 1. The molecule has 0 saturated carbocycles. The van der Waals surface area contributed by atoms with E-state index in [0.29, 0.717) is 5.56 Å². The third-order valence-electron chi connectivity index (χ3n) is 4.20. The smallest absolute Gasteiger partial charge is 0.348 e. The maximum atomic E-state index is 12.7. The molecule has 2 heterocycles. The molecule has 0 bridgehead atoms. The first-order valence-corrected chi connectivity index (χ1v) is 10.0. The number of esters is 2. The number of nitrogens with one attached hydrogen (secondary N) is 2. The molecular weight excluding hydrogens is 402 g/mol. The summed E-state index contributed by atoms with van der Waals surface area (Å²) in [6.07, 6.45) is -0.774. The molecule has 2 N–H and O–H groups in total. The van der Waals surface area contributed by atoms with Gasteiger partial charge in [-0.1, -0.05) is 0 Å². The van der Waals surface area contributed by atoms with Gasteiger partial charge in [0.05, 0.1) is 31.9 Å². The van der Waals surface area contributed by atoms with Gasteiger partial charge in [0, 0.05) is 13.6 Å². The second kappa shape index (κ2) is 10.2. The highest BCUT2D eigenvalue weighted by molar-refractivity contribution is 7.18. The van der Waals surface area contributed by atoms with Crippen LogP contribution in [0.1, 0.15) is 39.4 Å². The van der Waals surface area contributed by atoms with Crippen molar-refractivity contribution in [2.75, 3.05) is 45.3 Å². The summed E-state index contributed by atoms with van der Waals surface area (Å²) in [5.74, 6) is -1.55. The molecule has 1 aromatic heterocycles. The van der Waals surface area contributed by atoms with Crippen LogP contribution in [0, 0.1) is 6.92 Å². The number of morpholine rings is 1. The summed E-state index contributed by atoms with van der Waals surface area (Å²) in [5.41, 5.74) is 0.497. The third kappa shape index (κ3) is 5.24. The highest BCUT2D eigenvalue weighted by Gasteiger charge is 2.31. The highest BCUT2D eigenvalue weighted by Crippen LogP contribution is 2.34. The van der Waals surface area contributed by atoms with Crippen molar-refractivity contribution in [2.24, 2.45) is 0 Å². The Labute approximate surface area is 172 Å². The Hall–Kier alpha value is -2.66. The molecule has 11 heteroatoms. The molecule has 1 saturated heterocycles. The average molecular weight is 427 g/mol. The molecule has 10 nitrogen and oxygen atoms in total. The van der Waals surface area contributed by atoms with E-state index in [9.17, 15) is 19.2 Å². The lowest BCUT2D eigenvalue weighted by molar-refractivity contribution is -0.136. The molecule has 1 fully saturated rings. The maximum Gasteiger partial charge on any atom is 0.348 e. The molecular formula is C18H25N3O7S. The lowest BCUT2D eigenvalue weighted by atomic mass is 10.1. The van der Waals surface area contributed by atoms with E-state index >= 15 is 0 Å². The molecule has 0 spiro atoms. The first-order chi connectivity index (χ1) is 13.8. The van der Waals surface area contributed by atoms with Crippen molar-refractivity contribution in [2.45, 2.75) is 26.9 Å². The van der Waals surface area contributed by atoms with Crippen LogP contribution in [0.15, 0.2) is 0 Å². The molecule has 0 aromatic carbocycles. The minimum absolute atomic E-state index is 0.0648. The van der Waals surface area contributed by atoms with E-state index in [1.807, 2.05) is 0 Å². The number of nitrogens with zero attached hydrogens (tertiary/aromatic N) is 1. The zero-order valence-electron chi connectivity index (χ0n) is 16.8. The van der Waals surface area contributed by atoms with Gasteiger partial charge in [0.2, 0.25) is 0 Å². The lowest BCUT2D eigenvalue weighted by Crippen LogP contribution is -2.52. The van der Waals surface area contributed by atoms with Crippen molar-refractivity contribution < 1.29 is 33.4 Å². The van der Waals surface area contributed by atoms with Crippen molar-refractivity contribution in [1.29, 1.82) is 0 Å². The molecule has 3 amide bonds. The SMILES string of the molecule is CCOC(=O)c1sc(NC(=O)N2CCO[C@@H](C(=O)NC)C2)c(C(=O)OCC)c1C. The Morgan fingerprint density at radius 3 is 2.45 bits per heavy atom. The molecule has 0 radical (unpaired) electrons. The zero-order chi connectivity index (χ0) is 21.6. The molecule has 1 aromatic rings. The fraction of sp³-hybridized carbons (Fsp3) is 0.556. The van der Waals surface area contributed by atoms with Crippen molar-refractivity contribution in [3.8, 4) is 0 Å². The maximum absolute atomic E-state index is 12.7. The van der Waals surface area contributed by atoms with Gasteiger partial charge in [-0.15, -0.1) is 11.3 Å². The monoisotopic (exact) mass is 427 g/mol. The molecule has 0 unspecified atom stereocenters. The fourth-order valence-corrected chi connectivity index (χ4v) is 3.85. The highest BCUT2D eigenvalue weighted by atomic mass is 32.1. The van der Waals surface area contributed by atoms with Crippen LogP contribution in [0.3, 0.4) is 0 Å². The van der Waals surface area contributed by atoms with Gasteiger partial charge in [-0.05, 0) is 26.3 Å². The predicted octanol–water partition coefficient (Wildman–Crippen LogP) is 1.39. The Morgan fingerprint density at radius 1 is 1.17 bits per heavy atom. The number of likely N-dealkylation sites (N-methyl/N-ethyl adjacent to an activating group) is 1.